The van der Waals surface area contributed by atoms with Gasteiger partial charge in [0.05, 0.1) is 11.0 Å². The number of carbonyl (C=O) groups excluding carboxylic acids is 1. The van der Waals surface area contributed by atoms with Crippen LogP contribution >= 0.6 is 0 Å². The Bertz CT molecular complexity index is 878. The maximum atomic E-state index is 11.5. The lowest BCUT2D eigenvalue weighted by Gasteiger charge is -2.15. The summed E-state index contributed by atoms with van der Waals surface area (Å²) in [5.41, 5.74) is 9.83. The van der Waals surface area contributed by atoms with E-state index in [9.17, 15) is 4.79 Å². The number of rotatable bonds is 6. The quantitative estimate of drug-likeness (QED) is 0.743. The molecule has 130 valence electrons. The molecule has 4 heteroatoms. The second-order valence-corrected chi connectivity index (χ2v) is 7.07. The van der Waals surface area contributed by atoms with E-state index in [1.54, 1.807) is 0 Å². The molecule has 0 saturated heterocycles. The number of aromatic nitrogens is 2. The maximum absolute atomic E-state index is 11.5. The zero-order valence-corrected chi connectivity index (χ0v) is 15.1. The van der Waals surface area contributed by atoms with Crippen LogP contribution in [0.2, 0.25) is 0 Å². The molecular formula is C21H25N3O. The van der Waals surface area contributed by atoms with Crippen molar-refractivity contribution in [3.63, 3.8) is 0 Å². The van der Waals surface area contributed by atoms with Crippen molar-refractivity contribution in [2.75, 3.05) is 0 Å². The van der Waals surface area contributed by atoms with Crippen molar-refractivity contribution < 1.29 is 4.79 Å². The normalized spacial score (nSPS) is 12.6. The van der Waals surface area contributed by atoms with E-state index in [-0.39, 0.29) is 18.4 Å². The third kappa shape index (κ3) is 3.73. The van der Waals surface area contributed by atoms with E-state index in [4.69, 9.17) is 10.7 Å². The Kier molecular flexibility index (Phi) is 4.88. The maximum Gasteiger partial charge on any atom is 0.237 e. The monoisotopic (exact) mass is 335 g/mol. The molecule has 0 aliphatic carbocycles. The number of primary amides is 1. The van der Waals surface area contributed by atoms with E-state index in [1.807, 2.05) is 28.8 Å². The lowest BCUT2D eigenvalue weighted by molar-refractivity contribution is -0.118. The first-order valence-electron chi connectivity index (χ1n) is 8.78. The molecule has 2 N–H and O–H groups in total. The van der Waals surface area contributed by atoms with Crippen molar-refractivity contribution in [3.8, 4) is 0 Å². The fraction of sp³-hybridized carbons (Fsp3) is 0.333. The molecule has 0 aliphatic heterocycles. The number of benzene rings is 2. The van der Waals surface area contributed by atoms with Crippen molar-refractivity contribution in [1.29, 1.82) is 0 Å². The molecule has 1 heterocycles. The summed E-state index contributed by atoms with van der Waals surface area (Å²) in [6, 6.07) is 16.6. The van der Waals surface area contributed by atoms with Gasteiger partial charge in [-0.25, -0.2) is 4.98 Å². The molecule has 1 amide bonds. The Morgan fingerprint density at radius 3 is 2.40 bits per heavy atom. The Morgan fingerprint density at radius 2 is 1.76 bits per heavy atom. The first kappa shape index (κ1) is 17.2. The first-order chi connectivity index (χ1) is 12.0. The van der Waals surface area contributed by atoms with Gasteiger partial charge in [-0.3, -0.25) is 4.79 Å². The molecule has 3 rings (SSSR count). The average Bonchev–Trinajstić information content (AvgIpc) is 2.92. The van der Waals surface area contributed by atoms with Crippen molar-refractivity contribution in [3.05, 3.63) is 65.5 Å². The summed E-state index contributed by atoms with van der Waals surface area (Å²) in [5.74, 6) is 1.24. The summed E-state index contributed by atoms with van der Waals surface area (Å²) < 4.78 is 1.93. The van der Waals surface area contributed by atoms with Crippen molar-refractivity contribution in [2.45, 2.75) is 39.7 Å². The largest absolute Gasteiger partial charge is 0.368 e. The van der Waals surface area contributed by atoms with Crippen LogP contribution in [-0.2, 0) is 17.8 Å². The molecule has 0 radical (unpaired) electrons. The molecule has 3 aromatic rings. The Hall–Kier alpha value is -2.62. The number of imidazole rings is 1. The summed E-state index contributed by atoms with van der Waals surface area (Å²) in [4.78, 5) is 16.3. The summed E-state index contributed by atoms with van der Waals surface area (Å²) in [6.45, 7) is 6.72. The number of nitrogens with two attached hydrogens (primary N) is 1. The van der Waals surface area contributed by atoms with Crippen LogP contribution in [0.1, 0.15) is 43.6 Å². The van der Waals surface area contributed by atoms with Gasteiger partial charge in [-0.1, -0.05) is 57.2 Å². The van der Waals surface area contributed by atoms with Gasteiger partial charge in [-0.05, 0) is 35.6 Å². The number of para-hydroxylation sites is 2. The zero-order chi connectivity index (χ0) is 18.0. The lowest BCUT2D eigenvalue weighted by Crippen LogP contribution is -2.21. The topological polar surface area (TPSA) is 60.9 Å². The third-order valence-electron chi connectivity index (χ3n) is 4.51. The van der Waals surface area contributed by atoms with Crippen molar-refractivity contribution >= 4 is 16.9 Å². The number of hydrogen-bond acceptors (Lipinski definition) is 2. The van der Waals surface area contributed by atoms with Gasteiger partial charge in [0.2, 0.25) is 5.91 Å². The fourth-order valence-corrected chi connectivity index (χ4v) is 3.31. The lowest BCUT2D eigenvalue weighted by atomic mass is 9.96. The van der Waals surface area contributed by atoms with E-state index in [1.165, 1.54) is 11.1 Å². The predicted octanol–water partition coefficient (Wildman–Crippen LogP) is 3.87. The number of nitrogens with zero attached hydrogens (tertiary/aromatic N) is 2. The van der Waals surface area contributed by atoms with Crippen LogP contribution in [0.25, 0.3) is 11.0 Å². The van der Waals surface area contributed by atoms with Crippen molar-refractivity contribution in [1.82, 2.24) is 9.55 Å². The van der Waals surface area contributed by atoms with E-state index >= 15 is 0 Å². The van der Waals surface area contributed by atoms with Crippen LogP contribution in [0.4, 0.5) is 0 Å². The second kappa shape index (κ2) is 7.09. The Morgan fingerprint density at radius 1 is 1.08 bits per heavy atom. The van der Waals surface area contributed by atoms with Gasteiger partial charge in [0, 0.05) is 5.92 Å². The van der Waals surface area contributed by atoms with Gasteiger partial charge in [-0.2, -0.15) is 0 Å². The van der Waals surface area contributed by atoms with Gasteiger partial charge in [0.25, 0.3) is 0 Å². The van der Waals surface area contributed by atoms with Crippen LogP contribution in [0.5, 0.6) is 0 Å². The molecule has 0 spiro atoms. The van der Waals surface area contributed by atoms with Gasteiger partial charge in [-0.15, -0.1) is 0 Å². The molecule has 2 aromatic carbocycles. The van der Waals surface area contributed by atoms with E-state index in [0.29, 0.717) is 5.92 Å². The number of amides is 1. The number of carbonyl (C=O) groups is 1. The van der Waals surface area contributed by atoms with Crippen molar-refractivity contribution in [2.24, 2.45) is 11.7 Å². The minimum atomic E-state index is -0.358. The standard InChI is InChI=1S/C21H25N3O/c1-14(2)12-16-8-10-17(11-9-16)15(3)21-23-18-6-4-5-7-19(18)24(21)13-20(22)25/h4-11,14-15H,12-13H2,1-3H3,(H2,22,25). The molecule has 0 aliphatic rings. The SMILES string of the molecule is CC(C)Cc1ccc(C(C)c2nc3ccccc3n2CC(N)=O)cc1. The Balaban J connectivity index is 1.98. The van der Waals surface area contributed by atoms with Crippen LogP contribution < -0.4 is 5.73 Å². The molecule has 1 aromatic heterocycles. The molecular weight excluding hydrogens is 310 g/mol. The highest BCUT2D eigenvalue weighted by Gasteiger charge is 2.19. The van der Waals surface area contributed by atoms with Crippen LogP contribution in [0, 0.1) is 5.92 Å². The second-order valence-electron chi connectivity index (χ2n) is 7.07. The summed E-state index contributed by atoms with van der Waals surface area (Å²) in [7, 11) is 0. The number of fused-ring (bicyclic) bond motifs is 1. The van der Waals surface area contributed by atoms with Crippen LogP contribution in [-0.4, -0.2) is 15.5 Å². The molecule has 0 bridgehead atoms. The zero-order valence-electron chi connectivity index (χ0n) is 15.1. The molecule has 4 nitrogen and oxygen atoms in total. The Labute approximate surface area is 148 Å². The summed E-state index contributed by atoms with van der Waals surface area (Å²) >= 11 is 0. The first-order valence-corrected chi connectivity index (χ1v) is 8.78. The molecule has 0 saturated carbocycles. The fourth-order valence-electron chi connectivity index (χ4n) is 3.31. The van der Waals surface area contributed by atoms with E-state index < -0.39 is 0 Å². The van der Waals surface area contributed by atoms with Gasteiger partial charge < -0.3 is 10.3 Å². The minimum Gasteiger partial charge on any atom is -0.368 e. The summed E-state index contributed by atoms with van der Waals surface area (Å²) in [6.07, 6.45) is 1.08. The molecule has 1 unspecified atom stereocenters. The van der Waals surface area contributed by atoms with Gasteiger partial charge >= 0.3 is 0 Å². The smallest absolute Gasteiger partial charge is 0.237 e. The summed E-state index contributed by atoms with van der Waals surface area (Å²) in [5, 5.41) is 0. The molecule has 0 fully saturated rings. The van der Waals surface area contributed by atoms with Gasteiger partial charge in [0.1, 0.15) is 12.4 Å². The highest BCUT2D eigenvalue weighted by Crippen LogP contribution is 2.27. The molecule has 1 atom stereocenters. The van der Waals surface area contributed by atoms with Crippen LogP contribution in [0.15, 0.2) is 48.5 Å². The minimum absolute atomic E-state index is 0.0832. The average molecular weight is 335 g/mol. The predicted molar refractivity (Wildman–Crippen MR) is 101 cm³/mol. The van der Waals surface area contributed by atoms with Gasteiger partial charge in [0.15, 0.2) is 0 Å². The van der Waals surface area contributed by atoms with E-state index in [2.05, 4.69) is 45.0 Å². The highest BCUT2D eigenvalue weighted by molar-refractivity contribution is 5.80. The van der Waals surface area contributed by atoms with E-state index in [0.717, 1.165) is 23.3 Å². The third-order valence-corrected chi connectivity index (χ3v) is 4.51. The van der Waals surface area contributed by atoms with Crippen LogP contribution in [0.3, 0.4) is 0 Å². The highest BCUT2D eigenvalue weighted by atomic mass is 16.1. The number of hydrogen-bond donors (Lipinski definition) is 1. The molecule has 25 heavy (non-hydrogen) atoms.